The number of rotatable bonds is 5. The van der Waals surface area contributed by atoms with Crippen LogP contribution in [0.3, 0.4) is 0 Å². The van der Waals surface area contributed by atoms with E-state index < -0.39 is 11.9 Å². The van der Waals surface area contributed by atoms with Crippen LogP contribution in [-0.2, 0) is 0 Å². The van der Waals surface area contributed by atoms with E-state index in [1.165, 1.54) is 12.4 Å². The molecule has 0 amide bonds. The van der Waals surface area contributed by atoms with Crippen molar-refractivity contribution in [1.29, 1.82) is 0 Å². The molecule has 0 radical (unpaired) electrons. The lowest BCUT2D eigenvalue weighted by atomic mass is 10.3. The standard InChI is InChI=1S/C12H9F3N4S/c13-8(11(14)15)2-6-20-12-18-3-1-9(19-12)10-7-16-4-5-17-10/h1,3-5,7H,2,6H2. The molecular formula is C12H9F3N4S. The number of allylic oxidation sites excluding steroid dienone is 1. The molecule has 0 aliphatic carbocycles. The molecule has 20 heavy (non-hydrogen) atoms. The second kappa shape index (κ2) is 6.99. The van der Waals surface area contributed by atoms with Gasteiger partial charge in [-0.2, -0.15) is 8.78 Å². The maximum atomic E-state index is 12.6. The topological polar surface area (TPSA) is 51.6 Å². The van der Waals surface area contributed by atoms with Gasteiger partial charge in [-0.15, -0.1) is 0 Å². The number of halogens is 3. The van der Waals surface area contributed by atoms with E-state index in [1.54, 1.807) is 18.5 Å². The summed E-state index contributed by atoms with van der Waals surface area (Å²) in [7, 11) is 0. The number of nitrogens with zero attached hydrogens (tertiary/aromatic N) is 4. The third kappa shape index (κ3) is 4.02. The van der Waals surface area contributed by atoms with E-state index in [4.69, 9.17) is 0 Å². The predicted molar refractivity (Wildman–Crippen MR) is 68.7 cm³/mol. The highest BCUT2D eigenvalue weighted by molar-refractivity contribution is 7.99. The van der Waals surface area contributed by atoms with Crippen molar-refractivity contribution in [2.45, 2.75) is 11.6 Å². The zero-order chi connectivity index (χ0) is 14.4. The zero-order valence-corrected chi connectivity index (χ0v) is 10.9. The van der Waals surface area contributed by atoms with Gasteiger partial charge in [-0.1, -0.05) is 11.8 Å². The molecule has 104 valence electrons. The van der Waals surface area contributed by atoms with Crippen LogP contribution in [0.25, 0.3) is 11.4 Å². The average molecular weight is 298 g/mol. The fourth-order valence-electron chi connectivity index (χ4n) is 1.31. The molecular weight excluding hydrogens is 289 g/mol. The molecule has 0 fully saturated rings. The number of hydrogen-bond donors (Lipinski definition) is 0. The van der Waals surface area contributed by atoms with Crippen molar-refractivity contribution in [3.8, 4) is 11.4 Å². The van der Waals surface area contributed by atoms with E-state index in [0.717, 1.165) is 11.8 Å². The molecule has 0 spiro atoms. The third-order valence-electron chi connectivity index (χ3n) is 2.22. The second-order valence-electron chi connectivity index (χ2n) is 3.58. The minimum Gasteiger partial charge on any atom is -0.261 e. The van der Waals surface area contributed by atoms with E-state index in [9.17, 15) is 13.2 Å². The molecule has 0 saturated heterocycles. The molecule has 0 aromatic carbocycles. The van der Waals surface area contributed by atoms with Gasteiger partial charge in [0, 0.05) is 30.8 Å². The van der Waals surface area contributed by atoms with Gasteiger partial charge in [0.1, 0.15) is 5.69 Å². The Kier molecular flexibility index (Phi) is 5.05. The second-order valence-corrected chi connectivity index (χ2v) is 4.64. The Bertz CT molecular complexity index is 603. The van der Waals surface area contributed by atoms with E-state index in [-0.39, 0.29) is 12.2 Å². The van der Waals surface area contributed by atoms with Crippen LogP contribution in [0.4, 0.5) is 13.2 Å². The van der Waals surface area contributed by atoms with Gasteiger partial charge in [0.05, 0.1) is 11.9 Å². The Balaban J connectivity index is 2.02. The van der Waals surface area contributed by atoms with Crippen molar-refractivity contribution in [2.75, 3.05) is 5.75 Å². The summed E-state index contributed by atoms with van der Waals surface area (Å²) >= 11 is 1.10. The van der Waals surface area contributed by atoms with Gasteiger partial charge in [-0.25, -0.2) is 14.4 Å². The SMILES string of the molecule is FC(F)=C(F)CCSc1nccc(-c2cnccn2)n1. The maximum Gasteiger partial charge on any atom is 0.301 e. The van der Waals surface area contributed by atoms with Gasteiger partial charge in [-0.3, -0.25) is 9.97 Å². The fraction of sp³-hybridized carbons (Fsp3) is 0.167. The Morgan fingerprint density at radius 2 is 1.90 bits per heavy atom. The van der Waals surface area contributed by atoms with Gasteiger partial charge < -0.3 is 0 Å². The lowest BCUT2D eigenvalue weighted by Gasteiger charge is -2.02. The molecule has 0 unspecified atom stereocenters. The molecule has 0 saturated carbocycles. The van der Waals surface area contributed by atoms with Crippen molar-refractivity contribution < 1.29 is 13.2 Å². The van der Waals surface area contributed by atoms with Crippen LogP contribution in [0.15, 0.2) is 47.9 Å². The Hall–Kier alpha value is -1.96. The smallest absolute Gasteiger partial charge is 0.261 e. The lowest BCUT2D eigenvalue weighted by molar-refractivity contribution is 0.373. The summed E-state index contributed by atoms with van der Waals surface area (Å²) in [5, 5.41) is 0.375. The summed E-state index contributed by atoms with van der Waals surface area (Å²) in [5.74, 6) is -1.27. The van der Waals surface area contributed by atoms with E-state index in [2.05, 4.69) is 19.9 Å². The molecule has 4 nitrogen and oxygen atoms in total. The Labute approximate surface area is 117 Å². The van der Waals surface area contributed by atoms with Crippen molar-refractivity contribution in [1.82, 2.24) is 19.9 Å². The van der Waals surface area contributed by atoms with Crippen LogP contribution in [0.2, 0.25) is 0 Å². The van der Waals surface area contributed by atoms with E-state index in [1.807, 2.05) is 0 Å². The monoisotopic (exact) mass is 298 g/mol. The van der Waals surface area contributed by atoms with Crippen LogP contribution < -0.4 is 0 Å². The highest BCUT2D eigenvalue weighted by atomic mass is 32.2. The third-order valence-corrected chi connectivity index (χ3v) is 3.08. The summed E-state index contributed by atoms with van der Waals surface area (Å²) in [6.07, 6.45) is 3.53. The largest absolute Gasteiger partial charge is 0.301 e. The molecule has 0 aliphatic rings. The van der Waals surface area contributed by atoms with Gasteiger partial charge in [0.25, 0.3) is 0 Å². The number of aromatic nitrogens is 4. The summed E-state index contributed by atoms with van der Waals surface area (Å²) in [6, 6.07) is 1.66. The molecule has 2 aromatic heterocycles. The summed E-state index contributed by atoms with van der Waals surface area (Å²) in [4.78, 5) is 16.2. The zero-order valence-electron chi connectivity index (χ0n) is 10.1. The minimum absolute atomic E-state index is 0.132. The van der Waals surface area contributed by atoms with Crippen LogP contribution in [0, 0.1) is 0 Å². The van der Waals surface area contributed by atoms with E-state index >= 15 is 0 Å². The Morgan fingerprint density at radius 1 is 1.05 bits per heavy atom. The fourth-order valence-corrected chi connectivity index (χ4v) is 2.07. The molecule has 0 bridgehead atoms. The van der Waals surface area contributed by atoms with Crippen molar-refractivity contribution in [3.05, 3.63) is 42.8 Å². The maximum absolute atomic E-state index is 12.6. The van der Waals surface area contributed by atoms with E-state index in [0.29, 0.717) is 16.5 Å². The van der Waals surface area contributed by atoms with Gasteiger partial charge in [-0.05, 0) is 6.07 Å². The Morgan fingerprint density at radius 3 is 2.60 bits per heavy atom. The molecule has 0 atom stereocenters. The molecule has 2 rings (SSSR count). The highest BCUT2D eigenvalue weighted by Crippen LogP contribution is 2.21. The van der Waals surface area contributed by atoms with Crippen molar-refractivity contribution >= 4 is 11.8 Å². The molecule has 2 aromatic rings. The lowest BCUT2D eigenvalue weighted by Crippen LogP contribution is -1.93. The first-order chi connectivity index (χ1) is 9.66. The average Bonchev–Trinajstić information content (AvgIpc) is 2.48. The number of hydrogen-bond acceptors (Lipinski definition) is 5. The molecule has 0 aliphatic heterocycles. The molecule has 2 heterocycles. The van der Waals surface area contributed by atoms with Crippen LogP contribution >= 0.6 is 11.8 Å². The quantitative estimate of drug-likeness (QED) is 0.624. The summed E-state index contributed by atoms with van der Waals surface area (Å²) in [6.45, 7) is 0. The van der Waals surface area contributed by atoms with Gasteiger partial charge >= 0.3 is 6.08 Å². The first kappa shape index (κ1) is 14.4. The summed E-state index contributed by atoms with van der Waals surface area (Å²) in [5.41, 5.74) is 1.15. The van der Waals surface area contributed by atoms with Gasteiger partial charge in [0.2, 0.25) is 0 Å². The minimum atomic E-state index is -2.28. The number of thioether (sulfide) groups is 1. The normalized spacial score (nSPS) is 10.3. The summed E-state index contributed by atoms with van der Waals surface area (Å²) < 4.78 is 36.4. The van der Waals surface area contributed by atoms with Crippen molar-refractivity contribution in [2.24, 2.45) is 0 Å². The molecule has 0 N–H and O–H groups in total. The first-order valence-electron chi connectivity index (χ1n) is 5.58. The predicted octanol–water partition coefficient (Wildman–Crippen LogP) is 3.49. The van der Waals surface area contributed by atoms with Crippen LogP contribution in [-0.4, -0.2) is 25.7 Å². The van der Waals surface area contributed by atoms with Crippen LogP contribution in [0.1, 0.15) is 6.42 Å². The van der Waals surface area contributed by atoms with Crippen molar-refractivity contribution in [3.63, 3.8) is 0 Å². The van der Waals surface area contributed by atoms with Crippen LogP contribution in [0.5, 0.6) is 0 Å². The molecule has 8 heteroatoms. The first-order valence-corrected chi connectivity index (χ1v) is 6.57. The highest BCUT2D eigenvalue weighted by Gasteiger charge is 2.07. The van der Waals surface area contributed by atoms with Gasteiger partial charge in [0.15, 0.2) is 11.0 Å².